The van der Waals surface area contributed by atoms with Gasteiger partial charge in [0.2, 0.25) is 5.91 Å². The molecule has 0 unspecified atom stereocenters. The standard InChI is InChI=1S/C16H26N4O4S2/c1-2-7-24-16(23)20-11-12(25)10-13(20)14(21)17-3-4-18-15(22)19-5-8-26-9-6-19/h2,12-13,25H,1,3-11H2,(H,17,21)(H,18,22)/t12-,13-/m0/s1. The monoisotopic (exact) mass is 402 g/mol. The molecule has 8 nitrogen and oxygen atoms in total. The van der Waals surface area contributed by atoms with Crippen molar-refractivity contribution < 1.29 is 19.1 Å². The number of thioether (sulfide) groups is 1. The fourth-order valence-corrected chi connectivity index (χ4v) is 4.11. The zero-order valence-electron chi connectivity index (χ0n) is 14.7. The molecular formula is C16H26N4O4S2. The summed E-state index contributed by atoms with van der Waals surface area (Å²) >= 11 is 6.21. The number of urea groups is 1. The van der Waals surface area contributed by atoms with Gasteiger partial charge in [-0.05, 0) is 6.42 Å². The average molecular weight is 403 g/mol. The molecule has 0 saturated carbocycles. The molecular weight excluding hydrogens is 376 g/mol. The number of rotatable bonds is 6. The minimum atomic E-state index is -0.607. The molecule has 0 aliphatic carbocycles. The van der Waals surface area contributed by atoms with Crippen molar-refractivity contribution in [3.8, 4) is 0 Å². The van der Waals surface area contributed by atoms with Gasteiger partial charge in [-0.25, -0.2) is 9.59 Å². The minimum Gasteiger partial charge on any atom is -0.445 e. The summed E-state index contributed by atoms with van der Waals surface area (Å²) in [6.45, 7) is 6.09. The van der Waals surface area contributed by atoms with Crippen molar-refractivity contribution >= 4 is 42.4 Å². The number of hydrogen-bond donors (Lipinski definition) is 3. The van der Waals surface area contributed by atoms with Crippen LogP contribution in [0.3, 0.4) is 0 Å². The molecule has 10 heteroatoms. The van der Waals surface area contributed by atoms with Crippen LogP contribution in [0, 0.1) is 0 Å². The van der Waals surface area contributed by atoms with Crippen molar-refractivity contribution in [1.82, 2.24) is 20.4 Å². The summed E-state index contributed by atoms with van der Waals surface area (Å²) in [4.78, 5) is 39.6. The molecule has 0 aromatic heterocycles. The van der Waals surface area contributed by atoms with Crippen molar-refractivity contribution in [2.24, 2.45) is 0 Å². The molecule has 2 N–H and O–H groups in total. The maximum atomic E-state index is 12.4. The molecule has 0 spiro atoms. The average Bonchev–Trinajstić information content (AvgIpc) is 3.05. The lowest BCUT2D eigenvalue weighted by Gasteiger charge is -2.26. The fourth-order valence-electron chi connectivity index (χ4n) is 2.83. The molecule has 2 fully saturated rings. The van der Waals surface area contributed by atoms with E-state index in [-0.39, 0.29) is 23.8 Å². The van der Waals surface area contributed by atoms with E-state index in [0.717, 1.165) is 24.6 Å². The second kappa shape index (κ2) is 10.6. The highest BCUT2D eigenvalue weighted by Crippen LogP contribution is 2.22. The van der Waals surface area contributed by atoms with Gasteiger partial charge in [0.1, 0.15) is 12.6 Å². The molecule has 0 aromatic carbocycles. The van der Waals surface area contributed by atoms with E-state index < -0.39 is 12.1 Å². The van der Waals surface area contributed by atoms with Crippen molar-refractivity contribution in [1.29, 1.82) is 0 Å². The van der Waals surface area contributed by atoms with Gasteiger partial charge in [0.05, 0.1) is 0 Å². The Labute approximate surface area is 163 Å². The van der Waals surface area contributed by atoms with Gasteiger partial charge in [0.25, 0.3) is 0 Å². The number of ether oxygens (including phenoxy) is 1. The maximum absolute atomic E-state index is 12.4. The third-order valence-electron chi connectivity index (χ3n) is 4.14. The van der Waals surface area contributed by atoms with E-state index in [1.165, 1.54) is 11.0 Å². The number of hydrogen-bond acceptors (Lipinski definition) is 6. The van der Waals surface area contributed by atoms with E-state index in [2.05, 4.69) is 29.8 Å². The Morgan fingerprint density at radius 2 is 1.92 bits per heavy atom. The quantitative estimate of drug-likeness (QED) is 0.343. The molecule has 0 aromatic rings. The molecule has 2 aliphatic heterocycles. The molecule has 4 amide bonds. The Bertz CT molecular complexity index is 528. The molecule has 26 heavy (non-hydrogen) atoms. The van der Waals surface area contributed by atoms with E-state index in [1.54, 1.807) is 4.90 Å². The maximum Gasteiger partial charge on any atom is 0.410 e. The number of amides is 4. The Kier molecular flexibility index (Phi) is 8.43. The summed E-state index contributed by atoms with van der Waals surface area (Å²) in [5.74, 6) is 1.64. The van der Waals surface area contributed by atoms with Gasteiger partial charge in [-0.1, -0.05) is 12.7 Å². The zero-order chi connectivity index (χ0) is 18.9. The van der Waals surface area contributed by atoms with Gasteiger partial charge in [0.15, 0.2) is 0 Å². The van der Waals surface area contributed by atoms with Gasteiger partial charge in [0, 0.05) is 49.5 Å². The number of likely N-dealkylation sites (tertiary alicyclic amines) is 1. The van der Waals surface area contributed by atoms with Crippen LogP contribution in [-0.2, 0) is 9.53 Å². The predicted octanol–water partition coefficient (Wildman–Crippen LogP) is 0.556. The SMILES string of the molecule is C=CCOC(=O)N1C[C@@H](S)C[C@H]1C(=O)NCCNC(=O)N1CCSCC1. The predicted molar refractivity (Wildman–Crippen MR) is 105 cm³/mol. The van der Waals surface area contributed by atoms with Gasteiger partial charge < -0.3 is 20.3 Å². The highest BCUT2D eigenvalue weighted by atomic mass is 32.2. The zero-order valence-corrected chi connectivity index (χ0v) is 16.4. The van der Waals surface area contributed by atoms with Crippen LogP contribution in [0.5, 0.6) is 0 Å². The first-order chi connectivity index (χ1) is 12.5. The van der Waals surface area contributed by atoms with E-state index in [9.17, 15) is 14.4 Å². The summed E-state index contributed by atoms with van der Waals surface area (Å²) in [5, 5.41) is 5.49. The Hall–Kier alpha value is -1.55. The summed E-state index contributed by atoms with van der Waals surface area (Å²) < 4.78 is 5.02. The number of carbonyl (C=O) groups is 3. The first-order valence-electron chi connectivity index (χ1n) is 8.63. The van der Waals surface area contributed by atoms with Crippen molar-refractivity contribution in [3.63, 3.8) is 0 Å². The number of carbonyl (C=O) groups excluding carboxylic acids is 3. The molecule has 2 atom stereocenters. The highest BCUT2D eigenvalue weighted by Gasteiger charge is 2.39. The van der Waals surface area contributed by atoms with Gasteiger partial charge >= 0.3 is 12.1 Å². The lowest BCUT2D eigenvalue weighted by Crippen LogP contribution is -2.49. The first-order valence-corrected chi connectivity index (χ1v) is 10.3. The molecule has 2 heterocycles. The smallest absolute Gasteiger partial charge is 0.410 e. The van der Waals surface area contributed by atoms with Crippen LogP contribution in [0.25, 0.3) is 0 Å². The van der Waals surface area contributed by atoms with Gasteiger partial charge in [-0.3, -0.25) is 9.69 Å². The van der Waals surface area contributed by atoms with Crippen LogP contribution in [-0.4, -0.2) is 90.0 Å². The van der Waals surface area contributed by atoms with E-state index in [0.29, 0.717) is 26.1 Å². The van der Waals surface area contributed by atoms with Gasteiger partial charge in [-0.15, -0.1) is 0 Å². The Morgan fingerprint density at radius 3 is 2.62 bits per heavy atom. The third kappa shape index (κ3) is 6.01. The number of thiol groups is 1. The van der Waals surface area contributed by atoms with Crippen LogP contribution in [0.2, 0.25) is 0 Å². The summed E-state index contributed by atoms with van der Waals surface area (Å²) in [6.07, 6.45) is 1.40. The topological polar surface area (TPSA) is 91.0 Å². The van der Waals surface area contributed by atoms with Crippen molar-refractivity contribution in [2.45, 2.75) is 17.7 Å². The minimum absolute atomic E-state index is 0.0706. The molecule has 2 saturated heterocycles. The third-order valence-corrected chi connectivity index (χ3v) is 5.46. The summed E-state index contributed by atoms with van der Waals surface area (Å²) in [6, 6.07) is -0.713. The molecule has 146 valence electrons. The first kappa shape index (κ1) is 20.8. The number of nitrogens with one attached hydrogen (secondary N) is 2. The highest BCUT2D eigenvalue weighted by molar-refractivity contribution is 7.99. The van der Waals surface area contributed by atoms with Crippen LogP contribution in [0.1, 0.15) is 6.42 Å². The summed E-state index contributed by atoms with van der Waals surface area (Å²) in [7, 11) is 0. The van der Waals surface area contributed by atoms with Crippen molar-refractivity contribution in [3.05, 3.63) is 12.7 Å². The van der Waals surface area contributed by atoms with E-state index in [4.69, 9.17) is 4.74 Å². The number of nitrogens with zero attached hydrogens (tertiary/aromatic N) is 2. The molecule has 0 radical (unpaired) electrons. The molecule has 2 aliphatic rings. The van der Waals surface area contributed by atoms with Crippen LogP contribution in [0.15, 0.2) is 12.7 Å². The Morgan fingerprint density at radius 1 is 1.23 bits per heavy atom. The van der Waals surface area contributed by atoms with E-state index >= 15 is 0 Å². The largest absolute Gasteiger partial charge is 0.445 e. The lowest BCUT2D eigenvalue weighted by atomic mass is 10.2. The van der Waals surface area contributed by atoms with E-state index in [1.807, 2.05) is 11.8 Å². The second-order valence-electron chi connectivity index (χ2n) is 6.05. The second-order valence-corrected chi connectivity index (χ2v) is 8.00. The summed E-state index contributed by atoms with van der Waals surface area (Å²) in [5.41, 5.74) is 0. The lowest BCUT2D eigenvalue weighted by molar-refractivity contribution is -0.125. The fraction of sp³-hybridized carbons (Fsp3) is 0.688. The van der Waals surface area contributed by atoms with Crippen LogP contribution >= 0.6 is 24.4 Å². The molecule has 2 rings (SSSR count). The van der Waals surface area contributed by atoms with Crippen molar-refractivity contribution in [2.75, 3.05) is 50.8 Å². The molecule has 0 bridgehead atoms. The van der Waals surface area contributed by atoms with Crippen LogP contribution in [0.4, 0.5) is 9.59 Å². The van der Waals surface area contributed by atoms with Gasteiger partial charge in [-0.2, -0.15) is 24.4 Å². The normalized spacial score (nSPS) is 22.7. The van der Waals surface area contributed by atoms with Crippen LogP contribution < -0.4 is 10.6 Å². The Balaban J connectivity index is 1.72.